The van der Waals surface area contributed by atoms with Gasteiger partial charge in [0.2, 0.25) is 0 Å². The SMILES string of the molecule is CCNC1CCOCC1Cc1cc(OC)ccc1Br. The van der Waals surface area contributed by atoms with Crippen LogP contribution in [0.4, 0.5) is 0 Å². The summed E-state index contributed by atoms with van der Waals surface area (Å²) in [7, 11) is 1.71. The number of rotatable bonds is 5. The van der Waals surface area contributed by atoms with E-state index in [1.165, 1.54) is 5.56 Å². The van der Waals surface area contributed by atoms with Crippen LogP contribution in [-0.2, 0) is 11.2 Å². The molecule has 1 heterocycles. The number of nitrogens with one attached hydrogen (secondary N) is 1. The van der Waals surface area contributed by atoms with Crippen LogP contribution in [0.25, 0.3) is 0 Å². The summed E-state index contributed by atoms with van der Waals surface area (Å²) >= 11 is 3.63. The first kappa shape index (κ1) is 14.8. The number of ether oxygens (including phenoxy) is 2. The second-order valence-electron chi connectivity index (χ2n) is 4.95. The third-order valence-electron chi connectivity index (χ3n) is 3.68. The van der Waals surface area contributed by atoms with Crippen molar-refractivity contribution in [3.63, 3.8) is 0 Å². The Morgan fingerprint density at radius 1 is 1.47 bits per heavy atom. The van der Waals surface area contributed by atoms with Crippen molar-refractivity contribution in [3.8, 4) is 5.75 Å². The Kier molecular flexibility index (Phi) is 5.67. The van der Waals surface area contributed by atoms with E-state index in [-0.39, 0.29) is 0 Å². The molecule has 1 fully saturated rings. The molecule has 1 aromatic rings. The molecule has 0 bridgehead atoms. The van der Waals surface area contributed by atoms with Crippen molar-refractivity contribution in [1.29, 1.82) is 0 Å². The third kappa shape index (κ3) is 3.94. The van der Waals surface area contributed by atoms with E-state index in [0.29, 0.717) is 12.0 Å². The summed E-state index contributed by atoms with van der Waals surface area (Å²) in [5, 5.41) is 3.58. The fraction of sp³-hybridized carbons (Fsp3) is 0.600. The molecule has 3 nitrogen and oxygen atoms in total. The van der Waals surface area contributed by atoms with Gasteiger partial charge >= 0.3 is 0 Å². The Morgan fingerprint density at radius 2 is 2.32 bits per heavy atom. The average molecular weight is 328 g/mol. The number of methoxy groups -OCH3 is 1. The topological polar surface area (TPSA) is 30.5 Å². The predicted octanol–water partition coefficient (Wildman–Crippen LogP) is 3.01. The molecule has 1 aromatic carbocycles. The van der Waals surface area contributed by atoms with Gasteiger partial charge in [-0.3, -0.25) is 0 Å². The van der Waals surface area contributed by atoms with E-state index in [4.69, 9.17) is 9.47 Å². The first-order valence-electron chi connectivity index (χ1n) is 6.88. The summed E-state index contributed by atoms with van der Waals surface area (Å²) in [6.45, 7) is 4.88. The Bertz CT molecular complexity index is 409. The zero-order chi connectivity index (χ0) is 13.7. The first-order chi connectivity index (χ1) is 9.24. The summed E-state index contributed by atoms with van der Waals surface area (Å²) in [4.78, 5) is 0. The second kappa shape index (κ2) is 7.27. The van der Waals surface area contributed by atoms with E-state index in [9.17, 15) is 0 Å². The van der Waals surface area contributed by atoms with E-state index in [1.54, 1.807) is 7.11 Å². The first-order valence-corrected chi connectivity index (χ1v) is 7.67. The van der Waals surface area contributed by atoms with Crippen molar-refractivity contribution in [1.82, 2.24) is 5.32 Å². The zero-order valence-electron chi connectivity index (χ0n) is 11.6. The van der Waals surface area contributed by atoms with Crippen LogP contribution in [-0.4, -0.2) is 32.9 Å². The van der Waals surface area contributed by atoms with Gasteiger partial charge in [-0.05, 0) is 43.1 Å². The molecule has 2 atom stereocenters. The highest BCUT2D eigenvalue weighted by atomic mass is 79.9. The molecule has 0 radical (unpaired) electrons. The molecule has 1 aliphatic heterocycles. The molecule has 2 unspecified atom stereocenters. The molecule has 1 N–H and O–H groups in total. The molecule has 2 rings (SSSR count). The normalized spacial score (nSPS) is 23.3. The van der Waals surface area contributed by atoms with E-state index in [0.717, 1.165) is 42.8 Å². The van der Waals surface area contributed by atoms with Crippen LogP contribution in [0.3, 0.4) is 0 Å². The molecule has 4 heteroatoms. The van der Waals surface area contributed by atoms with Crippen molar-refractivity contribution in [2.45, 2.75) is 25.8 Å². The van der Waals surface area contributed by atoms with Crippen LogP contribution in [0.1, 0.15) is 18.9 Å². The monoisotopic (exact) mass is 327 g/mol. The largest absolute Gasteiger partial charge is 0.497 e. The van der Waals surface area contributed by atoms with E-state index >= 15 is 0 Å². The standard InChI is InChI=1S/C15H22BrNO2/c1-3-17-15-6-7-19-10-12(15)8-11-9-13(18-2)4-5-14(11)16/h4-5,9,12,15,17H,3,6-8,10H2,1-2H3. The Labute approximate surface area is 123 Å². The van der Waals surface area contributed by atoms with Crippen molar-refractivity contribution >= 4 is 15.9 Å². The summed E-state index contributed by atoms with van der Waals surface area (Å²) in [5.41, 5.74) is 1.29. The van der Waals surface area contributed by atoms with Crippen molar-refractivity contribution < 1.29 is 9.47 Å². The second-order valence-corrected chi connectivity index (χ2v) is 5.80. The van der Waals surface area contributed by atoms with Crippen LogP contribution in [0.15, 0.2) is 22.7 Å². The van der Waals surface area contributed by atoms with Crippen molar-refractivity contribution in [3.05, 3.63) is 28.2 Å². The lowest BCUT2D eigenvalue weighted by molar-refractivity contribution is 0.0326. The minimum absolute atomic E-state index is 0.525. The lowest BCUT2D eigenvalue weighted by Gasteiger charge is -2.32. The molecular weight excluding hydrogens is 306 g/mol. The molecule has 0 aliphatic carbocycles. The maximum absolute atomic E-state index is 5.64. The smallest absolute Gasteiger partial charge is 0.119 e. The van der Waals surface area contributed by atoms with Gasteiger partial charge in [-0.2, -0.15) is 0 Å². The van der Waals surface area contributed by atoms with Gasteiger partial charge in [-0.15, -0.1) is 0 Å². The molecule has 1 saturated heterocycles. The van der Waals surface area contributed by atoms with Crippen molar-refractivity contribution in [2.24, 2.45) is 5.92 Å². The van der Waals surface area contributed by atoms with Crippen LogP contribution >= 0.6 is 15.9 Å². The van der Waals surface area contributed by atoms with E-state index in [1.807, 2.05) is 6.07 Å². The molecule has 0 amide bonds. The molecule has 0 saturated carbocycles. The van der Waals surface area contributed by atoms with Crippen LogP contribution in [0, 0.1) is 5.92 Å². The fourth-order valence-corrected chi connectivity index (χ4v) is 3.05. The summed E-state index contributed by atoms with van der Waals surface area (Å²) in [6.07, 6.45) is 2.11. The molecule has 19 heavy (non-hydrogen) atoms. The van der Waals surface area contributed by atoms with E-state index in [2.05, 4.69) is 40.3 Å². The Balaban J connectivity index is 2.09. The average Bonchev–Trinajstić information content (AvgIpc) is 2.43. The van der Waals surface area contributed by atoms with Crippen LogP contribution in [0.2, 0.25) is 0 Å². The number of hydrogen-bond acceptors (Lipinski definition) is 3. The minimum atomic E-state index is 0.525. The molecular formula is C15H22BrNO2. The molecule has 0 aromatic heterocycles. The zero-order valence-corrected chi connectivity index (χ0v) is 13.2. The van der Waals surface area contributed by atoms with Crippen molar-refractivity contribution in [2.75, 3.05) is 26.9 Å². The van der Waals surface area contributed by atoms with Gasteiger partial charge in [0.05, 0.1) is 13.7 Å². The van der Waals surface area contributed by atoms with Crippen LogP contribution < -0.4 is 10.1 Å². The summed E-state index contributed by atoms with van der Waals surface area (Å²) < 4.78 is 12.1. The Hall–Kier alpha value is -0.580. The molecule has 1 aliphatic rings. The number of hydrogen-bond donors (Lipinski definition) is 1. The quantitative estimate of drug-likeness (QED) is 0.901. The fourth-order valence-electron chi connectivity index (χ4n) is 2.65. The lowest BCUT2D eigenvalue weighted by atomic mass is 9.89. The number of halogens is 1. The van der Waals surface area contributed by atoms with Gasteiger partial charge in [0.1, 0.15) is 5.75 Å². The maximum Gasteiger partial charge on any atom is 0.119 e. The Morgan fingerprint density at radius 3 is 3.05 bits per heavy atom. The molecule has 0 spiro atoms. The lowest BCUT2D eigenvalue weighted by Crippen LogP contribution is -2.43. The number of benzene rings is 1. The van der Waals surface area contributed by atoms with Gasteiger partial charge in [0.15, 0.2) is 0 Å². The highest BCUT2D eigenvalue weighted by molar-refractivity contribution is 9.10. The van der Waals surface area contributed by atoms with Gasteiger partial charge < -0.3 is 14.8 Å². The minimum Gasteiger partial charge on any atom is -0.497 e. The predicted molar refractivity (Wildman–Crippen MR) is 80.8 cm³/mol. The van der Waals surface area contributed by atoms with Gasteiger partial charge in [0, 0.05) is 23.0 Å². The maximum atomic E-state index is 5.64. The van der Waals surface area contributed by atoms with Crippen LogP contribution in [0.5, 0.6) is 5.75 Å². The summed E-state index contributed by atoms with van der Waals surface area (Å²) in [6, 6.07) is 6.70. The highest BCUT2D eigenvalue weighted by Gasteiger charge is 2.25. The highest BCUT2D eigenvalue weighted by Crippen LogP contribution is 2.27. The molecule has 106 valence electrons. The summed E-state index contributed by atoms with van der Waals surface area (Å²) in [5.74, 6) is 1.44. The van der Waals surface area contributed by atoms with Gasteiger partial charge in [-0.25, -0.2) is 0 Å². The van der Waals surface area contributed by atoms with Gasteiger partial charge in [-0.1, -0.05) is 22.9 Å². The van der Waals surface area contributed by atoms with Gasteiger partial charge in [0.25, 0.3) is 0 Å². The van der Waals surface area contributed by atoms with E-state index < -0.39 is 0 Å². The third-order valence-corrected chi connectivity index (χ3v) is 4.45.